The van der Waals surface area contributed by atoms with Crippen LogP contribution in [0.5, 0.6) is 5.75 Å². The van der Waals surface area contributed by atoms with Gasteiger partial charge in [0.15, 0.2) is 0 Å². The molecule has 6 nitrogen and oxygen atoms in total. The lowest BCUT2D eigenvalue weighted by atomic mass is 10.2. The molecular weight excluding hydrogens is 356 g/mol. The van der Waals surface area contributed by atoms with E-state index in [1.165, 1.54) is 7.11 Å². The summed E-state index contributed by atoms with van der Waals surface area (Å²) in [4.78, 5) is 26.1. The Morgan fingerprint density at radius 2 is 2.08 bits per heavy atom. The molecule has 1 atom stereocenters. The number of nitrogens with one attached hydrogen (secondary N) is 1. The largest absolute Gasteiger partial charge is 0.475 e. The summed E-state index contributed by atoms with van der Waals surface area (Å²) >= 11 is 5.95. The number of ether oxygens (including phenoxy) is 2. The molecule has 1 aliphatic rings. The van der Waals surface area contributed by atoms with Crippen LogP contribution < -0.4 is 15.0 Å². The van der Waals surface area contributed by atoms with Gasteiger partial charge >= 0.3 is 5.97 Å². The van der Waals surface area contributed by atoms with E-state index in [0.29, 0.717) is 17.3 Å². The molecule has 1 amide bonds. The Kier molecular flexibility index (Phi) is 5.63. The van der Waals surface area contributed by atoms with Gasteiger partial charge in [0.2, 0.25) is 12.0 Å². The third-order valence-electron chi connectivity index (χ3n) is 4.04. The van der Waals surface area contributed by atoms with E-state index >= 15 is 0 Å². The summed E-state index contributed by atoms with van der Waals surface area (Å²) in [7, 11) is 1.31. The van der Waals surface area contributed by atoms with Crippen LogP contribution in [0.3, 0.4) is 0 Å². The zero-order valence-electron chi connectivity index (χ0n) is 14.3. The van der Waals surface area contributed by atoms with E-state index in [1.807, 2.05) is 35.2 Å². The normalized spacial score (nSPS) is 15.6. The molecule has 0 fully saturated rings. The average molecular weight is 375 g/mol. The number of amides is 1. The number of nitrogens with zero attached hydrogens (tertiary/aromatic N) is 1. The summed E-state index contributed by atoms with van der Waals surface area (Å²) < 4.78 is 10.4. The first-order chi connectivity index (χ1) is 12.6. The van der Waals surface area contributed by atoms with Gasteiger partial charge in [-0.25, -0.2) is 4.79 Å². The number of carbonyl (C=O) groups is 2. The van der Waals surface area contributed by atoms with Gasteiger partial charge in [-0.15, -0.1) is 0 Å². The van der Waals surface area contributed by atoms with Crippen LogP contribution in [0.15, 0.2) is 48.5 Å². The Balaban J connectivity index is 1.67. The molecule has 2 aromatic carbocycles. The van der Waals surface area contributed by atoms with Crippen LogP contribution in [-0.4, -0.2) is 38.2 Å². The molecule has 3 rings (SSSR count). The monoisotopic (exact) mass is 374 g/mol. The van der Waals surface area contributed by atoms with E-state index < -0.39 is 12.1 Å². The van der Waals surface area contributed by atoms with Crippen molar-refractivity contribution in [3.63, 3.8) is 0 Å². The molecule has 7 heteroatoms. The Labute approximate surface area is 156 Å². The number of anilines is 1. The fourth-order valence-corrected chi connectivity index (χ4v) is 3.00. The van der Waals surface area contributed by atoms with Crippen LogP contribution in [-0.2, 0) is 20.9 Å². The van der Waals surface area contributed by atoms with Gasteiger partial charge in [-0.2, -0.15) is 0 Å². The highest BCUT2D eigenvalue weighted by Gasteiger charge is 2.32. The van der Waals surface area contributed by atoms with Gasteiger partial charge in [0.05, 0.1) is 25.9 Å². The molecule has 1 aliphatic heterocycles. The summed E-state index contributed by atoms with van der Waals surface area (Å²) in [6.45, 7) is 0.731. The highest BCUT2D eigenvalue weighted by molar-refractivity contribution is 6.30. The molecule has 136 valence electrons. The lowest BCUT2D eigenvalue weighted by Gasteiger charge is -2.34. The number of methoxy groups -OCH3 is 1. The Bertz CT molecular complexity index is 812. The maximum atomic E-state index is 12.4. The third kappa shape index (κ3) is 4.26. The molecule has 0 saturated heterocycles. The molecule has 0 unspecified atom stereocenters. The second kappa shape index (κ2) is 8.10. The smallest absolute Gasteiger partial charge is 0.348 e. The van der Waals surface area contributed by atoms with Gasteiger partial charge in [0.1, 0.15) is 5.75 Å². The first kappa shape index (κ1) is 18.1. The molecule has 1 heterocycles. The Morgan fingerprint density at radius 1 is 1.27 bits per heavy atom. The van der Waals surface area contributed by atoms with Crippen LogP contribution in [0.4, 0.5) is 5.69 Å². The Hall–Kier alpha value is -2.73. The van der Waals surface area contributed by atoms with Crippen molar-refractivity contribution >= 4 is 29.2 Å². The molecular formula is C19H19ClN2O4. The number of esters is 1. The van der Waals surface area contributed by atoms with Crippen LogP contribution >= 0.6 is 11.6 Å². The summed E-state index contributed by atoms with van der Waals surface area (Å²) in [5.41, 5.74) is 1.69. The minimum absolute atomic E-state index is 0.106. The first-order valence-corrected chi connectivity index (χ1v) is 8.54. The number of carbonyl (C=O) groups excluding carboxylic acids is 2. The fourth-order valence-electron chi connectivity index (χ4n) is 2.79. The fraction of sp³-hybridized carbons (Fsp3) is 0.263. The van der Waals surface area contributed by atoms with Gasteiger partial charge in [-0.1, -0.05) is 35.9 Å². The van der Waals surface area contributed by atoms with E-state index in [4.69, 9.17) is 21.1 Å². The number of fused-ring (bicyclic) bond motifs is 1. The molecule has 0 radical (unpaired) electrons. The van der Waals surface area contributed by atoms with Gasteiger partial charge in [-0.05, 0) is 29.8 Å². The van der Waals surface area contributed by atoms with Gasteiger partial charge in [0.25, 0.3) is 0 Å². The second-order valence-corrected chi connectivity index (χ2v) is 6.32. The minimum atomic E-state index is -0.768. The van der Waals surface area contributed by atoms with Crippen LogP contribution in [0.2, 0.25) is 5.02 Å². The number of hydrogen-bond donors (Lipinski definition) is 1. The van der Waals surface area contributed by atoms with Gasteiger partial charge in [0, 0.05) is 11.6 Å². The zero-order chi connectivity index (χ0) is 18.5. The van der Waals surface area contributed by atoms with E-state index in [9.17, 15) is 9.59 Å². The first-order valence-electron chi connectivity index (χ1n) is 8.16. The highest BCUT2D eigenvalue weighted by Crippen LogP contribution is 2.33. The van der Waals surface area contributed by atoms with E-state index in [0.717, 1.165) is 11.3 Å². The number of benzene rings is 2. The number of rotatable bonds is 5. The number of halogens is 1. The summed E-state index contributed by atoms with van der Waals surface area (Å²) in [5.74, 6) is -0.0778. The molecule has 0 spiro atoms. The van der Waals surface area contributed by atoms with Crippen molar-refractivity contribution in [1.29, 1.82) is 0 Å². The van der Waals surface area contributed by atoms with Crippen LogP contribution in [0.1, 0.15) is 5.56 Å². The topological polar surface area (TPSA) is 67.9 Å². The van der Waals surface area contributed by atoms with Gasteiger partial charge < -0.3 is 19.7 Å². The van der Waals surface area contributed by atoms with Crippen LogP contribution in [0, 0.1) is 0 Å². The van der Waals surface area contributed by atoms with E-state index in [2.05, 4.69) is 5.32 Å². The predicted octanol–water partition coefficient (Wildman–Crippen LogP) is 2.40. The third-order valence-corrected chi connectivity index (χ3v) is 4.27. The highest BCUT2D eigenvalue weighted by atomic mass is 35.5. The molecule has 0 saturated carbocycles. The van der Waals surface area contributed by atoms with E-state index in [-0.39, 0.29) is 19.0 Å². The molecule has 0 aliphatic carbocycles. The standard InChI is InChI=1S/C19H19ClN2O4/c1-25-19(24)17-11-22(15-7-2-3-8-16(15)26-17)12-18(23)21-10-13-5-4-6-14(20)9-13/h2-9,17H,10-12H2,1H3,(H,21,23)/t17-/m0/s1. The average Bonchev–Trinajstić information content (AvgIpc) is 2.65. The van der Waals surface area contributed by atoms with Crippen molar-refractivity contribution in [2.24, 2.45) is 0 Å². The molecule has 0 aromatic heterocycles. The zero-order valence-corrected chi connectivity index (χ0v) is 15.0. The molecule has 2 aromatic rings. The maximum Gasteiger partial charge on any atom is 0.348 e. The Morgan fingerprint density at radius 3 is 2.85 bits per heavy atom. The maximum absolute atomic E-state index is 12.4. The second-order valence-electron chi connectivity index (χ2n) is 5.88. The minimum Gasteiger partial charge on any atom is -0.475 e. The molecule has 1 N–H and O–H groups in total. The van der Waals surface area contributed by atoms with Crippen molar-refractivity contribution in [1.82, 2.24) is 5.32 Å². The van der Waals surface area contributed by atoms with Crippen molar-refractivity contribution in [2.75, 3.05) is 25.1 Å². The van der Waals surface area contributed by atoms with E-state index in [1.54, 1.807) is 18.2 Å². The van der Waals surface area contributed by atoms with Crippen molar-refractivity contribution in [2.45, 2.75) is 12.6 Å². The summed E-state index contributed by atoms with van der Waals surface area (Å²) in [6.07, 6.45) is -0.768. The number of hydrogen-bond acceptors (Lipinski definition) is 5. The van der Waals surface area contributed by atoms with Crippen LogP contribution in [0.25, 0.3) is 0 Å². The lowest BCUT2D eigenvalue weighted by Crippen LogP contribution is -2.48. The predicted molar refractivity (Wildman–Crippen MR) is 98.4 cm³/mol. The van der Waals surface area contributed by atoms with Crippen molar-refractivity contribution in [3.05, 3.63) is 59.1 Å². The summed E-state index contributed by atoms with van der Waals surface area (Å²) in [5, 5.41) is 3.49. The summed E-state index contributed by atoms with van der Waals surface area (Å²) in [6, 6.07) is 14.6. The molecule has 0 bridgehead atoms. The SMILES string of the molecule is COC(=O)[C@@H]1CN(CC(=O)NCc2cccc(Cl)c2)c2ccccc2O1. The van der Waals surface area contributed by atoms with Gasteiger partial charge in [-0.3, -0.25) is 4.79 Å². The quantitative estimate of drug-likeness (QED) is 0.814. The van der Waals surface area contributed by atoms with Crippen molar-refractivity contribution < 1.29 is 19.1 Å². The molecule has 26 heavy (non-hydrogen) atoms. The number of para-hydroxylation sites is 2. The van der Waals surface area contributed by atoms with Crippen molar-refractivity contribution in [3.8, 4) is 5.75 Å². The lowest BCUT2D eigenvalue weighted by molar-refractivity contribution is -0.148.